The van der Waals surface area contributed by atoms with E-state index in [0.29, 0.717) is 16.9 Å². The molecule has 1 atom stereocenters. The number of rotatable bonds is 1. The molecule has 84 valence electrons. The van der Waals surface area contributed by atoms with Crippen LogP contribution in [0.25, 0.3) is 11.6 Å². The van der Waals surface area contributed by atoms with Crippen molar-refractivity contribution < 1.29 is 4.42 Å². The molecular weight excluding hydrogens is 226 g/mol. The van der Waals surface area contributed by atoms with Gasteiger partial charge in [0, 0.05) is 12.5 Å². The molecule has 0 aromatic carbocycles. The van der Waals surface area contributed by atoms with Gasteiger partial charge in [0.1, 0.15) is 5.82 Å². The highest BCUT2D eigenvalue weighted by Gasteiger charge is 2.23. The van der Waals surface area contributed by atoms with Crippen molar-refractivity contribution in [1.82, 2.24) is 14.8 Å². The fraction of sp³-hybridized carbons (Fsp3) is 0.455. The molecule has 0 saturated heterocycles. The first-order chi connectivity index (χ1) is 7.75. The van der Waals surface area contributed by atoms with E-state index in [1.54, 1.807) is 6.07 Å². The van der Waals surface area contributed by atoms with Crippen LogP contribution in [-0.4, -0.2) is 14.8 Å². The number of furan rings is 1. The topological polar surface area (TPSA) is 43.9 Å². The van der Waals surface area contributed by atoms with Crippen molar-refractivity contribution in [2.45, 2.75) is 32.2 Å². The van der Waals surface area contributed by atoms with Crippen LogP contribution in [0.3, 0.4) is 0 Å². The molecule has 3 rings (SSSR count). The Morgan fingerprint density at radius 2 is 2.31 bits per heavy atom. The summed E-state index contributed by atoms with van der Waals surface area (Å²) in [5.41, 5.74) is 0. The van der Waals surface area contributed by atoms with E-state index < -0.39 is 0 Å². The quantitative estimate of drug-likeness (QED) is 0.766. The second-order valence-electron chi connectivity index (χ2n) is 4.18. The van der Waals surface area contributed by atoms with E-state index in [0.717, 1.165) is 24.6 Å². The van der Waals surface area contributed by atoms with Crippen molar-refractivity contribution in [1.29, 1.82) is 0 Å². The molecule has 0 radical (unpaired) electrons. The van der Waals surface area contributed by atoms with E-state index in [1.807, 2.05) is 6.07 Å². The summed E-state index contributed by atoms with van der Waals surface area (Å²) in [6.45, 7) is 3.14. The zero-order valence-corrected chi connectivity index (χ0v) is 9.74. The van der Waals surface area contributed by atoms with Gasteiger partial charge in [0.25, 0.3) is 0 Å². The standard InChI is InChI=1S/C11H12ClN3O/c1-7-3-2-6-15-10(7)13-14-11(15)8-4-5-9(12)16-8/h4-5,7H,2-3,6H2,1H3. The summed E-state index contributed by atoms with van der Waals surface area (Å²) in [5.74, 6) is 3.00. The predicted molar refractivity (Wildman–Crippen MR) is 60.4 cm³/mol. The summed E-state index contributed by atoms with van der Waals surface area (Å²) in [6.07, 6.45) is 2.34. The highest BCUT2D eigenvalue weighted by Crippen LogP contribution is 2.30. The molecule has 0 amide bonds. The lowest BCUT2D eigenvalue weighted by Gasteiger charge is -2.19. The molecule has 0 aliphatic carbocycles. The smallest absolute Gasteiger partial charge is 0.199 e. The molecule has 1 unspecified atom stereocenters. The van der Waals surface area contributed by atoms with Gasteiger partial charge in [-0.15, -0.1) is 10.2 Å². The zero-order valence-electron chi connectivity index (χ0n) is 8.98. The average Bonchev–Trinajstić information content (AvgIpc) is 2.84. The van der Waals surface area contributed by atoms with Crippen molar-refractivity contribution in [2.75, 3.05) is 0 Å². The van der Waals surface area contributed by atoms with Gasteiger partial charge in [-0.2, -0.15) is 0 Å². The van der Waals surface area contributed by atoms with E-state index in [-0.39, 0.29) is 0 Å². The number of aromatic nitrogens is 3. The SMILES string of the molecule is CC1CCCn2c(-c3ccc(Cl)o3)nnc21. The molecule has 1 aliphatic heterocycles. The molecular formula is C11H12ClN3O. The van der Waals surface area contributed by atoms with Gasteiger partial charge in [0.2, 0.25) is 0 Å². The van der Waals surface area contributed by atoms with Gasteiger partial charge < -0.3 is 8.98 Å². The van der Waals surface area contributed by atoms with Crippen LogP contribution in [0.15, 0.2) is 16.5 Å². The third-order valence-corrected chi connectivity index (χ3v) is 3.24. The van der Waals surface area contributed by atoms with E-state index in [1.165, 1.54) is 6.42 Å². The van der Waals surface area contributed by atoms with Crippen LogP contribution in [0.5, 0.6) is 0 Å². The largest absolute Gasteiger partial charge is 0.441 e. The minimum Gasteiger partial charge on any atom is -0.441 e. The summed E-state index contributed by atoms with van der Waals surface area (Å²) in [7, 11) is 0. The summed E-state index contributed by atoms with van der Waals surface area (Å²) in [5, 5.41) is 8.81. The lowest BCUT2D eigenvalue weighted by Crippen LogP contribution is -2.14. The molecule has 0 spiro atoms. The first-order valence-corrected chi connectivity index (χ1v) is 5.82. The molecule has 0 N–H and O–H groups in total. The van der Waals surface area contributed by atoms with Crippen LogP contribution in [-0.2, 0) is 6.54 Å². The first kappa shape index (κ1) is 9.90. The molecule has 0 saturated carbocycles. The molecule has 1 aliphatic rings. The Morgan fingerprint density at radius 3 is 3.06 bits per heavy atom. The van der Waals surface area contributed by atoms with Crippen LogP contribution in [0.4, 0.5) is 0 Å². The number of hydrogen-bond donors (Lipinski definition) is 0. The van der Waals surface area contributed by atoms with Crippen LogP contribution in [0.1, 0.15) is 31.5 Å². The monoisotopic (exact) mass is 237 g/mol. The third-order valence-electron chi connectivity index (χ3n) is 3.03. The van der Waals surface area contributed by atoms with E-state index in [9.17, 15) is 0 Å². The van der Waals surface area contributed by atoms with Crippen LogP contribution in [0, 0.1) is 0 Å². The lowest BCUT2D eigenvalue weighted by molar-refractivity contribution is 0.462. The van der Waals surface area contributed by atoms with Gasteiger partial charge in [0.15, 0.2) is 16.8 Å². The second-order valence-corrected chi connectivity index (χ2v) is 4.55. The Hall–Kier alpha value is -1.29. The van der Waals surface area contributed by atoms with Crippen molar-refractivity contribution in [3.05, 3.63) is 23.2 Å². The Labute approximate surface area is 98.2 Å². The number of nitrogens with zero attached hydrogens (tertiary/aromatic N) is 3. The third kappa shape index (κ3) is 1.45. The van der Waals surface area contributed by atoms with Gasteiger partial charge in [0.05, 0.1) is 0 Å². The van der Waals surface area contributed by atoms with Gasteiger partial charge in [-0.25, -0.2) is 0 Å². The molecule has 3 heterocycles. The van der Waals surface area contributed by atoms with Crippen molar-refractivity contribution in [2.24, 2.45) is 0 Å². The van der Waals surface area contributed by atoms with Crippen molar-refractivity contribution in [3.63, 3.8) is 0 Å². The molecule has 0 bridgehead atoms. The summed E-state index contributed by atoms with van der Waals surface area (Å²) < 4.78 is 7.50. The van der Waals surface area contributed by atoms with Gasteiger partial charge in [-0.05, 0) is 36.6 Å². The van der Waals surface area contributed by atoms with Crippen LogP contribution < -0.4 is 0 Å². The Morgan fingerprint density at radius 1 is 1.44 bits per heavy atom. The van der Waals surface area contributed by atoms with Crippen molar-refractivity contribution >= 4 is 11.6 Å². The molecule has 16 heavy (non-hydrogen) atoms. The molecule has 5 heteroatoms. The van der Waals surface area contributed by atoms with Gasteiger partial charge in [-0.3, -0.25) is 0 Å². The highest BCUT2D eigenvalue weighted by molar-refractivity contribution is 6.28. The fourth-order valence-electron chi connectivity index (χ4n) is 2.20. The summed E-state index contributed by atoms with van der Waals surface area (Å²) in [6, 6.07) is 3.56. The van der Waals surface area contributed by atoms with E-state index >= 15 is 0 Å². The molecule has 0 fully saturated rings. The van der Waals surface area contributed by atoms with E-state index in [4.69, 9.17) is 16.0 Å². The minimum absolute atomic E-state index is 0.385. The second kappa shape index (κ2) is 3.63. The summed E-state index contributed by atoms with van der Waals surface area (Å²) >= 11 is 5.77. The fourth-order valence-corrected chi connectivity index (χ4v) is 2.35. The van der Waals surface area contributed by atoms with Crippen LogP contribution in [0.2, 0.25) is 5.22 Å². The zero-order chi connectivity index (χ0) is 11.1. The molecule has 4 nitrogen and oxygen atoms in total. The maximum Gasteiger partial charge on any atom is 0.199 e. The van der Waals surface area contributed by atoms with Crippen LogP contribution >= 0.6 is 11.6 Å². The van der Waals surface area contributed by atoms with E-state index in [2.05, 4.69) is 21.7 Å². The maximum absolute atomic E-state index is 5.77. The molecule has 2 aromatic heterocycles. The highest BCUT2D eigenvalue weighted by atomic mass is 35.5. The average molecular weight is 238 g/mol. The lowest BCUT2D eigenvalue weighted by atomic mass is 10.0. The normalized spacial score (nSPS) is 19.8. The number of fused-ring (bicyclic) bond motifs is 1. The summed E-state index contributed by atoms with van der Waals surface area (Å²) in [4.78, 5) is 0. The number of hydrogen-bond acceptors (Lipinski definition) is 3. The first-order valence-electron chi connectivity index (χ1n) is 5.44. The Bertz CT molecular complexity index is 517. The van der Waals surface area contributed by atoms with Gasteiger partial charge >= 0.3 is 0 Å². The minimum atomic E-state index is 0.385. The van der Waals surface area contributed by atoms with Gasteiger partial charge in [-0.1, -0.05) is 6.92 Å². The predicted octanol–water partition coefficient (Wildman–Crippen LogP) is 3.09. The number of halogens is 1. The molecule has 2 aromatic rings. The Balaban J connectivity index is 2.09. The maximum atomic E-state index is 5.77. The Kier molecular flexibility index (Phi) is 2.24. The van der Waals surface area contributed by atoms with Crippen molar-refractivity contribution in [3.8, 4) is 11.6 Å².